The maximum absolute atomic E-state index is 2.62. The number of aryl methyl sites for hydroxylation is 2. The van der Waals surface area contributed by atoms with Gasteiger partial charge in [-0.25, -0.2) is 0 Å². The van der Waals surface area contributed by atoms with E-state index < -0.39 is 20.4 Å². The SMILES string of the molecule is CC1=C(C)[CH]([Zr]([CH]2C(C)=C(c3ccccc3)c3cc(C)c(C)cc32)=[Si](C)C)C(C)=C1C. The molecule has 0 spiro atoms. The van der Waals surface area contributed by atoms with E-state index in [4.69, 9.17) is 0 Å². The monoisotopic (exact) mass is 502 g/mol. The molecule has 160 valence electrons. The third-order valence-electron chi connectivity index (χ3n) is 7.95. The molecule has 4 rings (SSSR count). The third kappa shape index (κ3) is 3.68. The molecule has 0 saturated carbocycles. The van der Waals surface area contributed by atoms with Crippen LogP contribution in [0.4, 0.5) is 0 Å². The third-order valence-corrected chi connectivity index (χ3v) is 28.0. The average molecular weight is 504 g/mol. The Balaban J connectivity index is 2.01. The molecule has 0 aliphatic heterocycles. The standard InChI is InChI=1S/C18H17.C9H13.C2H6Si.Zr/c1-12-9-16-10-14(3)18(17(16)11-13(12)2)15-7-5-4-6-8-15;1-6-5-7(2)9(4)8(6)3;1-3-2;/h4-11H,1-3H3;5H,1-4H3;1-2H3;. The van der Waals surface area contributed by atoms with E-state index in [-0.39, 0.29) is 5.43 Å². The number of fused-ring (bicyclic) bond motifs is 1. The Morgan fingerprint density at radius 3 is 1.77 bits per heavy atom. The molecule has 2 aliphatic carbocycles. The first-order valence-corrected chi connectivity index (χ1v) is 20.6. The zero-order valence-corrected chi connectivity index (χ0v) is 24.2. The van der Waals surface area contributed by atoms with Crippen molar-refractivity contribution in [3.8, 4) is 0 Å². The average Bonchev–Trinajstić information content (AvgIpc) is 3.10. The van der Waals surface area contributed by atoms with Gasteiger partial charge in [0.25, 0.3) is 0 Å². The molecule has 2 heteroatoms. The fourth-order valence-corrected chi connectivity index (χ4v) is 27.4. The maximum atomic E-state index is 2.62. The Morgan fingerprint density at radius 2 is 1.23 bits per heavy atom. The minimum atomic E-state index is -1.93. The summed E-state index contributed by atoms with van der Waals surface area (Å²) in [5, 5.41) is 0. The second-order valence-corrected chi connectivity index (χ2v) is 27.8. The molecule has 0 radical (unpaired) electrons. The number of hydrogen-bond donors (Lipinski definition) is 0. The second-order valence-electron chi connectivity index (χ2n) is 9.89. The fourth-order valence-electron chi connectivity index (χ4n) is 5.83. The molecular weight excluding hydrogens is 468 g/mol. The summed E-state index contributed by atoms with van der Waals surface area (Å²) in [4.78, 5) is 0. The summed E-state index contributed by atoms with van der Waals surface area (Å²) in [6.07, 6.45) is 0. The van der Waals surface area contributed by atoms with E-state index in [0.29, 0.717) is 3.63 Å². The topological polar surface area (TPSA) is 0 Å². The van der Waals surface area contributed by atoms with Gasteiger partial charge in [0.05, 0.1) is 0 Å². The Labute approximate surface area is 197 Å². The molecule has 0 fully saturated rings. The van der Waals surface area contributed by atoms with Gasteiger partial charge in [-0.2, -0.15) is 0 Å². The van der Waals surface area contributed by atoms with Crippen molar-refractivity contribution in [2.75, 3.05) is 0 Å². The second kappa shape index (κ2) is 8.60. The van der Waals surface area contributed by atoms with Gasteiger partial charge in [-0.05, 0) is 0 Å². The summed E-state index contributed by atoms with van der Waals surface area (Å²) >= 11 is -1.93. The minimum absolute atomic E-state index is 0.358. The van der Waals surface area contributed by atoms with Crippen molar-refractivity contribution in [1.82, 2.24) is 0 Å². The van der Waals surface area contributed by atoms with Crippen LogP contribution in [0, 0.1) is 13.8 Å². The van der Waals surface area contributed by atoms with Crippen molar-refractivity contribution >= 4 is 11.0 Å². The molecule has 0 amide bonds. The van der Waals surface area contributed by atoms with Crippen LogP contribution in [0.3, 0.4) is 0 Å². The molecule has 2 aliphatic rings. The van der Waals surface area contributed by atoms with Crippen LogP contribution >= 0.6 is 0 Å². The number of hydrogen-bond acceptors (Lipinski definition) is 0. The van der Waals surface area contributed by atoms with Crippen LogP contribution in [-0.4, -0.2) is 5.43 Å². The van der Waals surface area contributed by atoms with Gasteiger partial charge in [0, 0.05) is 0 Å². The molecule has 0 aromatic heterocycles. The first kappa shape index (κ1) is 22.9. The number of rotatable bonds is 3. The molecule has 2 aromatic rings. The Hall–Kier alpha value is -1.24. The van der Waals surface area contributed by atoms with Crippen LogP contribution in [0.2, 0.25) is 16.7 Å². The zero-order valence-electron chi connectivity index (χ0n) is 20.7. The Morgan fingerprint density at radius 1 is 0.677 bits per heavy atom. The van der Waals surface area contributed by atoms with Gasteiger partial charge in [0.15, 0.2) is 0 Å². The van der Waals surface area contributed by atoms with E-state index >= 15 is 0 Å². The van der Waals surface area contributed by atoms with Crippen LogP contribution in [0.15, 0.2) is 70.3 Å². The van der Waals surface area contributed by atoms with Gasteiger partial charge >= 0.3 is 198 Å². The normalized spacial score (nSPS) is 18.9. The van der Waals surface area contributed by atoms with Crippen LogP contribution in [-0.2, 0) is 20.4 Å². The molecule has 2 aromatic carbocycles. The molecular formula is C29H36SiZr. The summed E-state index contributed by atoms with van der Waals surface area (Å²) in [6, 6.07) is 16.2. The van der Waals surface area contributed by atoms with Gasteiger partial charge in [0.1, 0.15) is 0 Å². The summed E-state index contributed by atoms with van der Waals surface area (Å²) in [6.45, 7) is 21.9. The van der Waals surface area contributed by atoms with E-state index in [9.17, 15) is 0 Å². The first-order chi connectivity index (χ1) is 14.6. The first-order valence-electron chi connectivity index (χ1n) is 11.5. The molecule has 1 unspecified atom stereocenters. The Bertz CT molecular complexity index is 1180. The van der Waals surface area contributed by atoms with Gasteiger partial charge in [-0.3, -0.25) is 0 Å². The van der Waals surface area contributed by atoms with E-state index in [1.165, 1.54) is 27.8 Å². The predicted molar refractivity (Wildman–Crippen MR) is 135 cm³/mol. The number of allylic oxidation sites excluding steroid dienone is 5. The summed E-state index contributed by atoms with van der Waals surface area (Å²) < 4.78 is 1.47. The number of benzene rings is 2. The van der Waals surface area contributed by atoms with Gasteiger partial charge < -0.3 is 0 Å². The fraction of sp³-hybridized carbons (Fsp3) is 0.379. The van der Waals surface area contributed by atoms with Crippen LogP contribution in [0.1, 0.15) is 66.1 Å². The molecule has 0 N–H and O–H groups in total. The molecule has 0 heterocycles. The van der Waals surface area contributed by atoms with E-state index in [0.717, 1.165) is 3.63 Å². The van der Waals surface area contributed by atoms with Crippen LogP contribution < -0.4 is 0 Å². The predicted octanol–water partition coefficient (Wildman–Crippen LogP) is 8.52. The molecule has 0 saturated heterocycles. The van der Waals surface area contributed by atoms with Gasteiger partial charge in [0.2, 0.25) is 0 Å². The van der Waals surface area contributed by atoms with Crippen molar-refractivity contribution in [3.63, 3.8) is 0 Å². The molecule has 0 bridgehead atoms. The van der Waals surface area contributed by atoms with Crippen molar-refractivity contribution < 1.29 is 20.4 Å². The van der Waals surface area contributed by atoms with E-state index in [1.807, 2.05) is 0 Å². The van der Waals surface area contributed by atoms with Gasteiger partial charge in [-0.15, -0.1) is 0 Å². The van der Waals surface area contributed by atoms with Crippen molar-refractivity contribution in [2.24, 2.45) is 0 Å². The zero-order chi connectivity index (χ0) is 22.6. The molecule has 31 heavy (non-hydrogen) atoms. The summed E-state index contributed by atoms with van der Waals surface area (Å²) in [5.74, 6) is 0. The van der Waals surface area contributed by atoms with Crippen LogP contribution in [0.25, 0.3) is 5.57 Å². The molecule has 0 nitrogen and oxygen atoms in total. The van der Waals surface area contributed by atoms with E-state index in [1.54, 1.807) is 33.4 Å². The molecule has 1 atom stereocenters. The quantitative estimate of drug-likeness (QED) is 0.368. The van der Waals surface area contributed by atoms with Crippen molar-refractivity contribution in [2.45, 2.75) is 68.8 Å². The van der Waals surface area contributed by atoms with Crippen LogP contribution in [0.5, 0.6) is 0 Å². The van der Waals surface area contributed by atoms with Crippen molar-refractivity contribution in [1.29, 1.82) is 0 Å². The van der Waals surface area contributed by atoms with Crippen molar-refractivity contribution in [3.05, 3.63) is 98.1 Å². The van der Waals surface area contributed by atoms with E-state index in [2.05, 4.69) is 104 Å². The Kier molecular flexibility index (Phi) is 6.36. The van der Waals surface area contributed by atoms with Gasteiger partial charge in [-0.1, -0.05) is 0 Å². The summed E-state index contributed by atoms with van der Waals surface area (Å²) in [7, 11) is 0. The summed E-state index contributed by atoms with van der Waals surface area (Å²) in [5.41, 5.74) is 16.8.